The number of ether oxygens (including phenoxy) is 1. The molecule has 0 radical (unpaired) electrons. The van der Waals surface area contributed by atoms with E-state index in [2.05, 4.69) is 20.6 Å². The van der Waals surface area contributed by atoms with Crippen molar-refractivity contribution in [2.24, 2.45) is 5.92 Å². The van der Waals surface area contributed by atoms with Crippen LogP contribution >= 0.6 is 0 Å². The molecule has 3 atom stereocenters. The lowest BCUT2D eigenvalue weighted by Gasteiger charge is -2.23. The van der Waals surface area contributed by atoms with E-state index in [0.29, 0.717) is 35.7 Å². The first-order valence-corrected chi connectivity index (χ1v) is 13.2. The zero-order valence-electron chi connectivity index (χ0n) is 21.3. The van der Waals surface area contributed by atoms with Crippen molar-refractivity contribution in [3.05, 3.63) is 72.1 Å². The third kappa shape index (κ3) is 5.09. The van der Waals surface area contributed by atoms with Crippen molar-refractivity contribution in [2.45, 2.75) is 44.8 Å². The molecule has 194 valence electrons. The van der Waals surface area contributed by atoms with Crippen molar-refractivity contribution in [1.29, 1.82) is 0 Å². The van der Waals surface area contributed by atoms with Gasteiger partial charge in [-0.1, -0.05) is 30.3 Å². The fourth-order valence-electron chi connectivity index (χ4n) is 5.11. The number of benzene rings is 2. The number of alkyl halides is 1. The molecule has 7 nitrogen and oxygen atoms in total. The largest absolute Gasteiger partial charge is 0.437 e. The molecule has 1 saturated heterocycles. The molecule has 0 unspecified atom stereocenters. The van der Waals surface area contributed by atoms with Gasteiger partial charge in [-0.2, -0.15) is 0 Å². The van der Waals surface area contributed by atoms with Crippen LogP contribution in [0.4, 0.5) is 10.3 Å². The predicted octanol–water partition coefficient (Wildman–Crippen LogP) is 5.43. The Bertz CT molecular complexity index is 1490. The minimum Gasteiger partial charge on any atom is -0.437 e. The number of ketones is 1. The van der Waals surface area contributed by atoms with Crippen molar-refractivity contribution < 1.29 is 13.9 Å². The second kappa shape index (κ2) is 10.5. The molecule has 1 aliphatic carbocycles. The maximum atomic E-state index is 13.5. The Morgan fingerprint density at radius 3 is 2.82 bits per heavy atom. The van der Waals surface area contributed by atoms with Gasteiger partial charge < -0.3 is 15.4 Å². The summed E-state index contributed by atoms with van der Waals surface area (Å²) in [5.41, 5.74) is 3.29. The number of rotatable bonds is 8. The van der Waals surface area contributed by atoms with E-state index in [0.717, 1.165) is 53.4 Å². The number of pyridine rings is 1. The minimum atomic E-state index is -0.988. The Morgan fingerprint density at radius 2 is 2.00 bits per heavy atom. The van der Waals surface area contributed by atoms with Crippen molar-refractivity contribution in [2.75, 3.05) is 18.4 Å². The summed E-state index contributed by atoms with van der Waals surface area (Å²) < 4.78 is 19.9. The van der Waals surface area contributed by atoms with E-state index in [9.17, 15) is 9.18 Å². The molecule has 2 aromatic carbocycles. The van der Waals surface area contributed by atoms with E-state index >= 15 is 0 Å². The third-order valence-corrected chi connectivity index (χ3v) is 7.32. The molecular formula is C30H30FN5O2. The molecular weight excluding hydrogens is 481 g/mol. The average Bonchev–Trinajstić information content (AvgIpc) is 3.68. The minimum absolute atomic E-state index is 0.0442. The Balaban J connectivity index is 1.31. The summed E-state index contributed by atoms with van der Waals surface area (Å²) in [6.07, 6.45) is 5.20. The summed E-state index contributed by atoms with van der Waals surface area (Å²) in [5, 5.41) is 8.64. The standard InChI is InChI=1S/C30H30FN5O2/c1-18-9-10-21-19(15-27(37)24-16-25(24)31)5-2-7-22(21)28(18)38-29-23(8-4-13-33-29)26-11-14-34-30(36-26)35-20-6-3-12-32-17-20/h2,4-5,7-11,13-14,20,24-25,32H,3,6,12,15-17H2,1H3,(H,34,35,36)/t20-,24-,25-/m0/s1. The summed E-state index contributed by atoms with van der Waals surface area (Å²) >= 11 is 0. The molecule has 2 aromatic heterocycles. The van der Waals surface area contributed by atoms with Gasteiger partial charge in [0.05, 0.1) is 17.2 Å². The van der Waals surface area contributed by atoms with Crippen LogP contribution in [0.25, 0.3) is 22.0 Å². The summed E-state index contributed by atoms with van der Waals surface area (Å²) in [6.45, 7) is 3.91. The number of piperidine rings is 1. The van der Waals surface area contributed by atoms with Crippen LogP contribution in [-0.2, 0) is 11.2 Å². The van der Waals surface area contributed by atoms with Crippen molar-refractivity contribution in [3.63, 3.8) is 0 Å². The second-order valence-electron chi connectivity index (χ2n) is 10.1. The van der Waals surface area contributed by atoms with E-state index in [-0.39, 0.29) is 12.2 Å². The van der Waals surface area contributed by atoms with Gasteiger partial charge in [-0.15, -0.1) is 0 Å². The van der Waals surface area contributed by atoms with E-state index in [1.54, 1.807) is 12.4 Å². The lowest BCUT2D eigenvalue weighted by Crippen LogP contribution is -2.38. The summed E-state index contributed by atoms with van der Waals surface area (Å²) in [4.78, 5) is 26.3. The number of carbonyl (C=O) groups excluding carboxylic acids is 1. The predicted molar refractivity (Wildman–Crippen MR) is 145 cm³/mol. The Morgan fingerprint density at radius 1 is 1.11 bits per heavy atom. The van der Waals surface area contributed by atoms with Crippen LogP contribution in [0.2, 0.25) is 0 Å². The molecule has 1 aliphatic heterocycles. The first-order chi connectivity index (χ1) is 18.6. The van der Waals surface area contributed by atoms with Crippen LogP contribution in [0.5, 0.6) is 11.6 Å². The third-order valence-electron chi connectivity index (χ3n) is 7.32. The van der Waals surface area contributed by atoms with Gasteiger partial charge in [-0.05, 0) is 67.4 Å². The second-order valence-corrected chi connectivity index (χ2v) is 10.1. The average molecular weight is 512 g/mol. The van der Waals surface area contributed by atoms with Gasteiger partial charge in [0.1, 0.15) is 17.7 Å². The number of nitrogens with zero attached hydrogens (tertiary/aromatic N) is 3. The first-order valence-electron chi connectivity index (χ1n) is 13.2. The lowest BCUT2D eigenvalue weighted by molar-refractivity contribution is -0.119. The molecule has 2 fully saturated rings. The van der Waals surface area contributed by atoms with Gasteiger partial charge in [-0.25, -0.2) is 19.3 Å². The Hall–Kier alpha value is -3.91. The molecule has 0 amide bonds. The number of carbonyl (C=O) groups is 1. The molecule has 38 heavy (non-hydrogen) atoms. The Labute approximate surface area is 220 Å². The van der Waals surface area contributed by atoms with Crippen molar-refractivity contribution in [1.82, 2.24) is 20.3 Å². The van der Waals surface area contributed by atoms with Gasteiger partial charge in [0.15, 0.2) is 0 Å². The number of Topliss-reactive ketones (excluding diaryl/α,β-unsaturated/α-hetero) is 1. The molecule has 8 heteroatoms. The highest BCUT2D eigenvalue weighted by molar-refractivity contribution is 5.96. The highest BCUT2D eigenvalue weighted by atomic mass is 19.1. The zero-order chi connectivity index (χ0) is 26.1. The summed E-state index contributed by atoms with van der Waals surface area (Å²) in [5.74, 6) is 1.19. The molecule has 6 rings (SSSR count). The molecule has 2 N–H and O–H groups in total. The molecule has 2 aliphatic rings. The Kier molecular flexibility index (Phi) is 6.72. The van der Waals surface area contributed by atoms with Gasteiger partial charge in [0.2, 0.25) is 11.8 Å². The maximum Gasteiger partial charge on any atom is 0.228 e. The summed E-state index contributed by atoms with van der Waals surface area (Å²) in [6, 6.07) is 15.7. The van der Waals surface area contributed by atoms with Crippen LogP contribution < -0.4 is 15.4 Å². The molecule has 1 saturated carbocycles. The van der Waals surface area contributed by atoms with Gasteiger partial charge >= 0.3 is 0 Å². The number of aromatic nitrogens is 3. The van der Waals surface area contributed by atoms with E-state index in [4.69, 9.17) is 9.72 Å². The van der Waals surface area contributed by atoms with Crippen LogP contribution in [0, 0.1) is 12.8 Å². The smallest absolute Gasteiger partial charge is 0.228 e. The molecule has 4 aromatic rings. The van der Waals surface area contributed by atoms with Crippen LogP contribution in [0.1, 0.15) is 30.4 Å². The highest BCUT2D eigenvalue weighted by Crippen LogP contribution is 2.39. The fraction of sp³-hybridized carbons (Fsp3) is 0.333. The van der Waals surface area contributed by atoms with Crippen LogP contribution in [-0.4, -0.2) is 46.0 Å². The number of halogens is 1. The first kappa shape index (κ1) is 24.4. The number of aryl methyl sites for hydroxylation is 1. The number of anilines is 1. The van der Waals surface area contributed by atoms with Crippen molar-refractivity contribution in [3.8, 4) is 22.9 Å². The highest BCUT2D eigenvalue weighted by Gasteiger charge is 2.43. The van der Waals surface area contributed by atoms with Gasteiger partial charge in [-0.3, -0.25) is 4.79 Å². The number of hydrogen-bond donors (Lipinski definition) is 2. The SMILES string of the molecule is Cc1ccc2c(CC(=O)[C@H]3C[C@@H]3F)cccc2c1Oc1ncccc1-c1ccnc(N[C@H]2CCCNC2)n1. The lowest BCUT2D eigenvalue weighted by atomic mass is 9.97. The maximum absolute atomic E-state index is 13.5. The van der Waals surface area contributed by atoms with Crippen LogP contribution in [0.15, 0.2) is 60.9 Å². The number of nitrogens with one attached hydrogen (secondary N) is 2. The molecule has 3 heterocycles. The topological polar surface area (TPSA) is 89.0 Å². The van der Waals surface area contributed by atoms with E-state index < -0.39 is 12.1 Å². The van der Waals surface area contributed by atoms with Crippen molar-refractivity contribution >= 4 is 22.5 Å². The zero-order valence-corrected chi connectivity index (χ0v) is 21.3. The van der Waals surface area contributed by atoms with Gasteiger partial charge in [0, 0.05) is 36.8 Å². The molecule has 0 bridgehead atoms. The number of fused-ring (bicyclic) bond motifs is 1. The monoisotopic (exact) mass is 511 g/mol. The normalized spacial score (nSPS) is 20.7. The van der Waals surface area contributed by atoms with Crippen LogP contribution in [0.3, 0.4) is 0 Å². The number of hydrogen-bond acceptors (Lipinski definition) is 7. The molecule has 0 spiro atoms. The van der Waals surface area contributed by atoms with E-state index in [1.807, 2.05) is 55.5 Å². The van der Waals surface area contributed by atoms with E-state index in [1.165, 1.54) is 0 Å². The fourth-order valence-corrected chi connectivity index (χ4v) is 5.11. The quantitative estimate of drug-likeness (QED) is 0.326. The summed E-state index contributed by atoms with van der Waals surface area (Å²) in [7, 11) is 0. The van der Waals surface area contributed by atoms with Gasteiger partial charge in [0.25, 0.3) is 0 Å².